The van der Waals surface area contributed by atoms with Crippen molar-refractivity contribution in [2.24, 2.45) is 5.92 Å². The molecular weight excluding hydrogens is 312 g/mol. The van der Waals surface area contributed by atoms with Crippen LogP contribution >= 0.6 is 0 Å². The number of hydrogen-bond donors (Lipinski definition) is 2. The zero-order chi connectivity index (χ0) is 18.2. The van der Waals surface area contributed by atoms with Gasteiger partial charge in [0, 0.05) is 17.4 Å². The highest BCUT2D eigenvalue weighted by molar-refractivity contribution is 5.94. The summed E-state index contributed by atoms with van der Waals surface area (Å²) in [6.45, 7) is 9.37. The van der Waals surface area contributed by atoms with Crippen molar-refractivity contribution in [3.8, 4) is 5.75 Å². The molecule has 0 atom stereocenters. The first-order valence-electron chi connectivity index (χ1n) is 8.81. The molecule has 4 nitrogen and oxygen atoms in total. The van der Waals surface area contributed by atoms with Crippen molar-refractivity contribution in [1.29, 1.82) is 0 Å². The van der Waals surface area contributed by atoms with Crippen LogP contribution in [0.1, 0.15) is 39.2 Å². The lowest BCUT2D eigenvalue weighted by atomic mass is 10.0. The average Bonchev–Trinajstić information content (AvgIpc) is 2.58. The van der Waals surface area contributed by atoms with Gasteiger partial charge in [-0.3, -0.25) is 4.79 Å². The maximum absolute atomic E-state index is 12.2. The highest BCUT2D eigenvalue weighted by Crippen LogP contribution is 2.23. The topological polar surface area (TPSA) is 50.4 Å². The van der Waals surface area contributed by atoms with Gasteiger partial charge in [-0.15, -0.1) is 0 Å². The summed E-state index contributed by atoms with van der Waals surface area (Å²) in [6.07, 6.45) is 0. The van der Waals surface area contributed by atoms with E-state index in [2.05, 4.69) is 44.4 Å². The zero-order valence-corrected chi connectivity index (χ0v) is 15.5. The van der Waals surface area contributed by atoms with E-state index in [1.54, 1.807) is 0 Å². The second-order valence-corrected chi connectivity index (χ2v) is 6.88. The summed E-state index contributed by atoms with van der Waals surface area (Å²) in [5, 5.41) is 6.13. The summed E-state index contributed by atoms with van der Waals surface area (Å²) >= 11 is 0. The van der Waals surface area contributed by atoms with Gasteiger partial charge in [-0.25, -0.2) is 0 Å². The van der Waals surface area contributed by atoms with Crippen molar-refractivity contribution >= 4 is 17.3 Å². The molecule has 4 heteroatoms. The fourth-order valence-electron chi connectivity index (χ4n) is 2.47. The average molecular weight is 340 g/mol. The summed E-state index contributed by atoms with van der Waals surface area (Å²) in [5.41, 5.74) is 2.95. The van der Waals surface area contributed by atoms with Crippen LogP contribution in [-0.4, -0.2) is 19.1 Å². The normalized spacial score (nSPS) is 10.8. The fourth-order valence-corrected chi connectivity index (χ4v) is 2.47. The van der Waals surface area contributed by atoms with Crippen LogP contribution in [0.2, 0.25) is 0 Å². The fraction of sp³-hybridized carbons (Fsp3) is 0.381. The zero-order valence-electron chi connectivity index (χ0n) is 15.5. The number of amides is 1. The van der Waals surface area contributed by atoms with Crippen LogP contribution in [-0.2, 0) is 4.79 Å². The van der Waals surface area contributed by atoms with E-state index in [9.17, 15) is 4.79 Å². The number of carbonyl (C=O) groups is 1. The third-order valence-electron chi connectivity index (χ3n) is 3.72. The third kappa shape index (κ3) is 6.14. The molecule has 134 valence electrons. The second-order valence-electron chi connectivity index (χ2n) is 6.88. The molecule has 0 spiro atoms. The molecule has 0 aliphatic heterocycles. The van der Waals surface area contributed by atoms with E-state index in [4.69, 9.17) is 4.74 Å². The van der Waals surface area contributed by atoms with Gasteiger partial charge >= 0.3 is 0 Å². The molecule has 1 amide bonds. The van der Waals surface area contributed by atoms with E-state index in [0.29, 0.717) is 18.4 Å². The Bertz CT molecular complexity index is 696. The Morgan fingerprint density at radius 2 is 1.80 bits per heavy atom. The summed E-state index contributed by atoms with van der Waals surface area (Å²) < 4.78 is 5.69. The predicted octanol–water partition coefficient (Wildman–Crippen LogP) is 4.90. The van der Waals surface area contributed by atoms with E-state index >= 15 is 0 Å². The van der Waals surface area contributed by atoms with Crippen molar-refractivity contribution < 1.29 is 9.53 Å². The van der Waals surface area contributed by atoms with E-state index in [1.807, 2.05) is 42.5 Å². The molecule has 2 rings (SSSR count). The number of ether oxygens (including phenoxy) is 1. The highest BCUT2D eigenvalue weighted by Gasteiger charge is 2.08. The molecular formula is C21H28N2O2. The third-order valence-corrected chi connectivity index (χ3v) is 3.72. The van der Waals surface area contributed by atoms with Crippen LogP contribution in [0.5, 0.6) is 5.75 Å². The molecule has 2 aromatic carbocycles. The first kappa shape index (κ1) is 18.8. The number of para-hydroxylation sites is 1. The van der Waals surface area contributed by atoms with Crippen molar-refractivity contribution in [3.63, 3.8) is 0 Å². The van der Waals surface area contributed by atoms with Gasteiger partial charge in [0.1, 0.15) is 5.75 Å². The minimum Gasteiger partial charge on any atom is -0.493 e. The molecule has 0 heterocycles. The number of nitrogens with one attached hydrogen (secondary N) is 2. The quantitative estimate of drug-likeness (QED) is 0.719. The van der Waals surface area contributed by atoms with Crippen molar-refractivity contribution in [1.82, 2.24) is 0 Å². The molecule has 0 unspecified atom stereocenters. The van der Waals surface area contributed by atoms with Crippen molar-refractivity contribution in [3.05, 3.63) is 54.1 Å². The molecule has 0 aromatic heterocycles. The van der Waals surface area contributed by atoms with Gasteiger partial charge in [-0.05, 0) is 35.6 Å². The largest absolute Gasteiger partial charge is 0.493 e. The SMILES string of the molecule is CC(C)COc1cccc(NC(=O)CNc2ccccc2C(C)C)c1. The molecule has 2 N–H and O–H groups in total. The van der Waals surface area contributed by atoms with Gasteiger partial charge in [0.15, 0.2) is 0 Å². The van der Waals surface area contributed by atoms with Gasteiger partial charge < -0.3 is 15.4 Å². The number of benzene rings is 2. The van der Waals surface area contributed by atoms with E-state index in [1.165, 1.54) is 5.56 Å². The smallest absolute Gasteiger partial charge is 0.243 e. The maximum atomic E-state index is 12.2. The van der Waals surface area contributed by atoms with Crippen molar-refractivity contribution in [2.45, 2.75) is 33.6 Å². The minimum atomic E-state index is -0.0837. The Morgan fingerprint density at radius 3 is 2.52 bits per heavy atom. The van der Waals surface area contributed by atoms with Gasteiger partial charge in [0.25, 0.3) is 0 Å². The van der Waals surface area contributed by atoms with Crippen LogP contribution in [0.15, 0.2) is 48.5 Å². The highest BCUT2D eigenvalue weighted by atomic mass is 16.5. The summed E-state index contributed by atoms with van der Waals surface area (Å²) in [5.74, 6) is 1.55. The summed E-state index contributed by atoms with van der Waals surface area (Å²) in [4.78, 5) is 12.2. The van der Waals surface area contributed by atoms with E-state index in [-0.39, 0.29) is 12.5 Å². The minimum absolute atomic E-state index is 0.0837. The Kier molecular flexibility index (Phi) is 6.87. The molecule has 0 saturated heterocycles. The lowest BCUT2D eigenvalue weighted by molar-refractivity contribution is -0.114. The number of rotatable bonds is 8. The summed E-state index contributed by atoms with van der Waals surface area (Å²) in [6, 6.07) is 15.6. The monoisotopic (exact) mass is 340 g/mol. The Labute approximate surface area is 150 Å². The lowest BCUT2D eigenvalue weighted by Gasteiger charge is -2.15. The van der Waals surface area contributed by atoms with Crippen LogP contribution in [0.4, 0.5) is 11.4 Å². The van der Waals surface area contributed by atoms with Gasteiger partial charge in [-0.1, -0.05) is 52.0 Å². The molecule has 25 heavy (non-hydrogen) atoms. The molecule has 0 aliphatic carbocycles. The molecule has 0 fully saturated rings. The maximum Gasteiger partial charge on any atom is 0.243 e. The molecule has 0 saturated carbocycles. The second kappa shape index (κ2) is 9.11. The van der Waals surface area contributed by atoms with Gasteiger partial charge in [-0.2, -0.15) is 0 Å². The Hall–Kier alpha value is -2.49. The first-order valence-corrected chi connectivity index (χ1v) is 8.81. The van der Waals surface area contributed by atoms with Gasteiger partial charge in [0.2, 0.25) is 5.91 Å². The van der Waals surface area contributed by atoms with Crippen LogP contribution < -0.4 is 15.4 Å². The van der Waals surface area contributed by atoms with E-state index < -0.39 is 0 Å². The lowest BCUT2D eigenvalue weighted by Crippen LogP contribution is -2.22. The number of carbonyl (C=O) groups excluding carboxylic acids is 1. The van der Waals surface area contributed by atoms with Crippen molar-refractivity contribution in [2.75, 3.05) is 23.8 Å². The molecule has 0 bridgehead atoms. The van der Waals surface area contributed by atoms with Crippen LogP contribution in [0.3, 0.4) is 0 Å². The summed E-state index contributed by atoms with van der Waals surface area (Å²) in [7, 11) is 0. The van der Waals surface area contributed by atoms with Gasteiger partial charge in [0.05, 0.1) is 13.2 Å². The number of hydrogen-bond acceptors (Lipinski definition) is 3. The van der Waals surface area contributed by atoms with Crippen LogP contribution in [0.25, 0.3) is 0 Å². The molecule has 0 radical (unpaired) electrons. The molecule has 2 aromatic rings. The number of anilines is 2. The standard InChI is InChI=1S/C21H28N2O2/c1-15(2)14-25-18-9-7-8-17(12-18)23-21(24)13-22-20-11-6-5-10-19(20)16(3)4/h5-12,15-16,22H,13-14H2,1-4H3,(H,23,24). The predicted molar refractivity (Wildman–Crippen MR) is 104 cm³/mol. The van der Waals surface area contributed by atoms with Crippen LogP contribution in [0, 0.1) is 5.92 Å². The van der Waals surface area contributed by atoms with E-state index in [0.717, 1.165) is 17.1 Å². The Balaban J connectivity index is 1.91. The molecule has 0 aliphatic rings. The Morgan fingerprint density at radius 1 is 1.04 bits per heavy atom. The first-order chi connectivity index (χ1) is 12.0.